The van der Waals surface area contributed by atoms with Crippen LogP contribution in [0.5, 0.6) is 0 Å². The molecule has 0 saturated heterocycles. The Morgan fingerprint density at radius 3 is 1.82 bits per heavy atom. The second-order valence-corrected chi connectivity index (χ2v) is 19.0. The van der Waals surface area contributed by atoms with Gasteiger partial charge in [-0.05, 0) is 94.7 Å². The molecule has 0 aliphatic heterocycles. The molecule has 10 aromatic carbocycles. The van der Waals surface area contributed by atoms with Crippen LogP contribution in [0.1, 0.15) is 30.5 Å². The van der Waals surface area contributed by atoms with Gasteiger partial charge < -0.3 is 4.57 Å². The minimum absolute atomic E-state index is 0.656. The predicted octanol–water partition coefficient (Wildman–Crippen LogP) is 17.3. The van der Waals surface area contributed by atoms with E-state index >= 15 is 0 Å². The Balaban J connectivity index is 1.18. The molecule has 0 saturated carbocycles. The van der Waals surface area contributed by atoms with E-state index < -0.39 is 0 Å². The highest BCUT2D eigenvalue weighted by molar-refractivity contribution is 7.26. The lowest BCUT2D eigenvalue weighted by molar-refractivity contribution is 1.18. The van der Waals surface area contributed by atoms with Crippen molar-refractivity contribution in [3.8, 4) is 5.69 Å². The standard InChI is InChI=1S/C60H39N3S2/c1-3-50(45-26-15-29-56-59(45)46-24-11-13-28-55(46)64-56)62-60(61-36(2)41-25-14-20-37-16-6-8-21-42(37)41)49-34-47-44-23-10-12-27-54(44)65-57(47)35-53(49)63-51-31-30-38-17-7-9-22-43(38)58(51)48-32-39-18-4-5-19-40(39)33-52(48)63/h3-35H,1-2H3/b50-3-,61-36?,62-60?. The summed E-state index contributed by atoms with van der Waals surface area (Å²) in [6.45, 7) is 4.24. The van der Waals surface area contributed by atoms with E-state index in [9.17, 15) is 0 Å². The fraction of sp³-hybridized carbons (Fsp3) is 0.0333. The Labute approximate surface area is 383 Å². The number of aromatic nitrogens is 1. The largest absolute Gasteiger partial charge is 0.308 e. The van der Waals surface area contributed by atoms with E-state index in [2.05, 4.69) is 219 Å². The summed E-state index contributed by atoms with van der Waals surface area (Å²) in [5.41, 5.74) is 8.25. The van der Waals surface area contributed by atoms with Crippen molar-refractivity contribution in [2.45, 2.75) is 13.8 Å². The maximum Gasteiger partial charge on any atom is 0.162 e. The first kappa shape index (κ1) is 37.8. The summed E-state index contributed by atoms with van der Waals surface area (Å²) in [7, 11) is 0. The zero-order chi connectivity index (χ0) is 43.2. The molecule has 13 aromatic rings. The number of rotatable bonds is 5. The van der Waals surface area contributed by atoms with Crippen LogP contribution >= 0.6 is 22.7 Å². The first-order valence-electron chi connectivity index (χ1n) is 22.1. The van der Waals surface area contributed by atoms with Gasteiger partial charge in [-0.3, -0.25) is 0 Å². The zero-order valence-electron chi connectivity index (χ0n) is 35.7. The van der Waals surface area contributed by atoms with Crippen molar-refractivity contribution < 1.29 is 0 Å². The summed E-state index contributed by atoms with van der Waals surface area (Å²) in [6.07, 6.45) is 2.15. The molecule has 0 bridgehead atoms. The molecule has 0 aliphatic carbocycles. The van der Waals surface area contributed by atoms with Crippen molar-refractivity contribution in [3.05, 3.63) is 217 Å². The number of hydrogen-bond acceptors (Lipinski definition) is 3. The molecule has 0 fully saturated rings. The Kier molecular flexibility index (Phi) is 8.70. The minimum Gasteiger partial charge on any atom is -0.308 e. The highest BCUT2D eigenvalue weighted by atomic mass is 32.1. The molecular weight excluding hydrogens is 827 g/mol. The molecule has 0 unspecified atom stereocenters. The maximum atomic E-state index is 5.80. The van der Waals surface area contributed by atoms with Gasteiger partial charge in [-0.1, -0.05) is 152 Å². The van der Waals surface area contributed by atoms with Crippen LogP contribution in [-0.4, -0.2) is 16.1 Å². The summed E-state index contributed by atoms with van der Waals surface area (Å²) in [5.74, 6) is 0.656. The fourth-order valence-corrected chi connectivity index (χ4v) is 12.4. The smallest absolute Gasteiger partial charge is 0.162 e. The van der Waals surface area contributed by atoms with Crippen LogP contribution in [0, 0.1) is 0 Å². The number of allylic oxidation sites excluding steroid dienone is 1. The van der Waals surface area contributed by atoms with Gasteiger partial charge in [0.15, 0.2) is 5.84 Å². The summed E-state index contributed by atoms with van der Waals surface area (Å²) >= 11 is 3.67. The monoisotopic (exact) mass is 865 g/mol. The number of aliphatic imine (C=N–C) groups is 2. The van der Waals surface area contributed by atoms with E-state index in [0.29, 0.717) is 5.84 Å². The lowest BCUT2D eigenvalue weighted by Crippen LogP contribution is -2.09. The van der Waals surface area contributed by atoms with E-state index in [1.165, 1.54) is 78.0 Å². The zero-order valence-corrected chi connectivity index (χ0v) is 37.3. The number of fused-ring (bicyclic) bond motifs is 13. The topological polar surface area (TPSA) is 29.6 Å². The van der Waals surface area contributed by atoms with Crippen molar-refractivity contribution in [1.82, 2.24) is 4.57 Å². The average molecular weight is 866 g/mol. The van der Waals surface area contributed by atoms with E-state index in [0.717, 1.165) is 50.2 Å². The number of hydrogen-bond donors (Lipinski definition) is 0. The Bertz CT molecular complexity index is 4210. The first-order valence-corrected chi connectivity index (χ1v) is 23.7. The van der Waals surface area contributed by atoms with Crippen LogP contribution < -0.4 is 0 Å². The number of thiophene rings is 2. The molecule has 65 heavy (non-hydrogen) atoms. The summed E-state index contributed by atoms with van der Waals surface area (Å²) in [6, 6.07) is 70.8. The van der Waals surface area contributed by atoms with Gasteiger partial charge in [-0.25, -0.2) is 9.98 Å². The Hall–Kier alpha value is -7.70. The van der Waals surface area contributed by atoms with Gasteiger partial charge in [0.05, 0.1) is 22.4 Å². The van der Waals surface area contributed by atoms with Gasteiger partial charge in [-0.15, -0.1) is 22.7 Å². The van der Waals surface area contributed by atoms with Crippen molar-refractivity contribution in [1.29, 1.82) is 0 Å². The number of nitrogens with zero attached hydrogens (tertiary/aromatic N) is 3. The van der Waals surface area contributed by atoms with Crippen LogP contribution in [0.2, 0.25) is 0 Å². The van der Waals surface area contributed by atoms with Gasteiger partial charge in [0, 0.05) is 73.5 Å². The number of amidine groups is 1. The summed E-state index contributed by atoms with van der Waals surface area (Å²) in [5, 5.41) is 14.6. The summed E-state index contributed by atoms with van der Waals surface area (Å²) < 4.78 is 7.47. The molecule has 0 radical (unpaired) electrons. The molecule has 0 atom stereocenters. The molecule has 0 amide bonds. The molecular formula is C60H39N3S2. The molecule has 13 rings (SSSR count). The fourth-order valence-electron chi connectivity index (χ4n) is 10.1. The maximum absolute atomic E-state index is 5.80. The minimum atomic E-state index is 0.656. The van der Waals surface area contributed by atoms with Crippen LogP contribution in [0.15, 0.2) is 210 Å². The van der Waals surface area contributed by atoms with Crippen LogP contribution in [0.25, 0.3) is 106 Å². The quantitative estimate of drug-likeness (QED) is 0.122. The first-order chi connectivity index (χ1) is 32.1. The van der Waals surface area contributed by atoms with E-state index in [1.54, 1.807) is 0 Å². The molecule has 3 heterocycles. The Morgan fingerprint density at radius 1 is 0.415 bits per heavy atom. The predicted molar refractivity (Wildman–Crippen MR) is 284 cm³/mol. The van der Waals surface area contributed by atoms with Gasteiger partial charge in [-0.2, -0.15) is 0 Å². The molecule has 0 aliphatic rings. The normalized spacial score (nSPS) is 13.0. The number of benzene rings is 10. The van der Waals surface area contributed by atoms with E-state index in [4.69, 9.17) is 9.98 Å². The van der Waals surface area contributed by atoms with Crippen molar-refractivity contribution in [2.75, 3.05) is 0 Å². The lowest BCUT2D eigenvalue weighted by atomic mass is 10.0. The second-order valence-electron chi connectivity index (χ2n) is 16.8. The van der Waals surface area contributed by atoms with Gasteiger partial charge in [0.25, 0.3) is 0 Å². The molecule has 3 nitrogen and oxygen atoms in total. The van der Waals surface area contributed by atoms with Crippen molar-refractivity contribution in [3.63, 3.8) is 0 Å². The van der Waals surface area contributed by atoms with Crippen LogP contribution in [0.4, 0.5) is 0 Å². The van der Waals surface area contributed by atoms with Crippen molar-refractivity contribution >= 4 is 134 Å². The van der Waals surface area contributed by atoms with Gasteiger partial charge >= 0.3 is 0 Å². The third-order valence-corrected chi connectivity index (χ3v) is 15.4. The molecule has 0 spiro atoms. The van der Waals surface area contributed by atoms with E-state index in [1.807, 2.05) is 22.7 Å². The van der Waals surface area contributed by atoms with Gasteiger partial charge in [0.2, 0.25) is 0 Å². The van der Waals surface area contributed by atoms with Crippen molar-refractivity contribution in [2.24, 2.45) is 9.98 Å². The Morgan fingerprint density at radius 2 is 1.02 bits per heavy atom. The molecule has 0 N–H and O–H groups in total. The van der Waals surface area contributed by atoms with Gasteiger partial charge in [0.1, 0.15) is 0 Å². The van der Waals surface area contributed by atoms with E-state index in [-0.39, 0.29) is 0 Å². The highest BCUT2D eigenvalue weighted by Gasteiger charge is 2.23. The van der Waals surface area contributed by atoms with Crippen LogP contribution in [-0.2, 0) is 0 Å². The highest BCUT2D eigenvalue weighted by Crippen LogP contribution is 2.44. The third-order valence-electron chi connectivity index (χ3n) is 13.1. The lowest BCUT2D eigenvalue weighted by Gasteiger charge is -2.17. The molecule has 306 valence electrons. The molecule has 3 aromatic heterocycles. The van der Waals surface area contributed by atoms with Crippen LogP contribution in [0.3, 0.4) is 0 Å². The molecule has 5 heteroatoms. The summed E-state index contributed by atoms with van der Waals surface area (Å²) in [4.78, 5) is 11.5. The SMILES string of the molecule is C/C=C(\N=C(N=C(C)c1cccc2ccccc12)c1cc2c(cc1-n1c3cc4ccccc4cc3c3c4ccccc4ccc31)sc1ccccc12)c1cccc2sc3ccccc3c12. The average Bonchev–Trinajstić information content (AvgIpc) is 4.03. The third kappa shape index (κ3) is 6.00. The second kappa shape index (κ2) is 15.0.